The molecule has 0 aliphatic carbocycles. The zero-order valence-electron chi connectivity index (χ0n) is 9.54. The van der Waals surface area contributed by atoms with Crippen LogP contribution in [0.15, 0.2) is 12.4 Å². The van der Waals surface area contributed by atoms with E-state index in [0.717, 1.165) is 18.8 Å². The average Bonchev–Trinajstić information content (AvgIpc) is 2.65. The molecule has 0 aliphatic rings. The molecule has 3 nitrogen and oxygen atoms in total. The average molecular weight is 235 g/mol. The first-order valence-electron chi connectivity index (χ1n) is 5.13. The highest BCUT2D eigenvalue weighted by molar-refractivity contribution is 5.08. The van der Waals surface area contributed by atoms with Crippen LogP contribution in [-0.4, -0.2) is 22.9 Å². The Kier molecular flexibility index (Phi) is 3.96. The summed E-state index contributed by atoms with van der Waals surface area (Å²) in [5.41, 5.74) is -0.698. The van der Waals surface area contributed by atoms with Gasteiger partial charge in [0, 0.05) is 12.2 Å². The van der Waals surface area contributed by atoms with E-state index in [2.05, 4.69) is 10.4 Å². The van der Waals surface area contributed by atoms with Gasteiger partial charge < -0.3 is 5.32 Å². The minimum Gasteiger partial charge on any atom is -0.317 e. The van der Waals surface area contributed by atoms with Crippen molar-refractivity contribution in [2.24, 2.45) is 0 Å². The first kappa shape index (κ1) is 13.0. The lowest BCUT2D eigenvalue weighted by Crippen LogP contribution is -2.24. The Hall–Kier alpha value is -1.04. The summed E-state index contributed by atoms with van der Waals surface area (Å²) in [6.07, 6.45) is -1.67. The second kappa shape index (κ2) is 4.86. The van der Waals surface area contributed by atoms with Gasteiger partial charge in [0.2, 0.25) is 0 Å². The van der Waals surface area contributed by atoms with Gasteiger partial charge in [-0.2, -0.15) is 18.3 Å². The van der Waals surface area contributed by atoms with E-state index in [0.29, 0.717) is 0 Å². The number of alkyl halides is 3. The molecule has 1 rings (SSSR count). The van der Waals surface area contributed by atoms with Gasteiger partial charge in [-0.1, -0.05) is 0 Å². The zero-order chi connectivity index (χ0) is 12.3. The molecule has 0 radical (unpaired) electrons. The van der Waals surface area contributed by atoms with Gasteiger partial charge in [0.15, 0.2) is 0 Å². The van der Waals surface area contributed by atoms with E-state index in [1.807, 2.05) is 20.9 Å². The van der Waals surface area contributed by atoms with Gasteiger partial charge >= 0.3 is 6.18 Å². The summed E-state index contributed by atoms with van der Waals surface area (Å²) in [5.74, 6) is 0. The molecule has 2 atom stereocenters. The lowest BCUT2D eigenvalue weighted by atomic mass is 10.1. The molecular weight excluding hydrogens is 219 g/mol. The molecule has 1 N–H and O–H groups in total. The van der Waals surface area contributed by atoms with Crippen LogP contribution in [0.1, 0.15) is 31.9 Å². The van der Waals surface area contributed by atoms with E-state index < -0.39 is 11.7 Å². The van der Waals surface area contributed by atoms with E-state index >= 15 is 0 Å². The topological polar surface area (TPSA) is 29.9 Å². The Balaban J connectivity index is 2.71. The molecule has 1 aromatic heterocycles. The predicted molar refractivity (Wildman–Crippen MR) is 55.1 cm³/mol. The predicted octanol–water partition coefficient (Wildman–Crippen LogP) is 2.46. The van der Waals surface area contributed by atoms with Gasteiger partial charge in [0.05, 0.1) is 17.8 Å². The van der Waals surface area contributed by atoms with Crippen LogP contribution >= 0.6 is 0 Å². The number of aromatic nitrogens is 2. The molecule has 0 amide bonds. The third kappa shape index (κ3) is 3.23. The fraction of sp³-hybridized carbons (Fsp3) is 0.700. The second-order valence-corrected chi connectivity index (χ2v) is 3.98. The quantitative estimate of drug-likeness (QED) is 0.868. The van der Waals surface area contributed by atoms with Crippen LogP contribution in [0.25, 0.3) is 0 Å². The van der Waals surface area contributed by atoms with Crippen molar-refractivity contribution in [3.8, 4) is 0 Å². The first-order valence-corrected chi connectivity index (χ1v) is 5.13. The largest absolute Gasteiger partial charge is 0.419 e. The van der Waals surface area contributed by atoms with Gasteiger partial charge in [-0.3, -0.25) is 4.68 Å². The Morgan fingerprint density at radius 1 is 1.44 bits per heavy atom. The number of nitrogens with one attached hydrogen (secondary N) is 1. The molecular formula is C10H16F3N3. The summed E-state index contributed by atoms with van der Waals surface area (Å²) in [6, 6.07) is 0.187. The van der Waals surface area contributed by atoms with E-state index in [4.69, 9.17) is 0 Å². The molecule has 92 valence electrons. The van der Waals surface area contributed by atoms with E-state index in [1.165, 1.54) is 4.68 Å². The van der Waals surface area contributed by atoms with E-state index in [-0.39, 0.29) is 12.1 Å². The molecule has 6 heteroatoms. The standard InChI is InChI=1S/C10H16F3N3/c1-7(14-3)4-8(2)16-6-9(5-15-16)10(11,12)13/h5-8,14H,4H2,1-3H3. The van der Waals surface area contributed by atoms with Crippen molar-refractivity contribution in [1.29, 1.82) is 0 Å². The number of hydrogen-bond acceptors (Lipinski definition) is 2. The number of rotatable bonds is 4. The molecule has 0 aliphatic heterocycles. The lowest BCUT2D eigenvalue weighted by Gasteiger charge is -2.17. The fourth-order valence-corrected chi connectivity index (χ4v) is 1.46. The van der Waals surface area contributed by atoms with Crippen molar-refractivity contribution in [2.75, 3.05) is 7.05 Å². The molecule has 1 heterocycles. The van der Waals surface area contributed by atoms with Crippen LogP contribution in [0.4, 0.5) is 13.2 Å². The lowest BCUT2D eigenvalue weighted by molar-refractivity contribution is -0.137. The Morgan fingerprint density at radius 2 is 2.06 bits per heavy atom. The zero-order valence-corrected chi connectivity index (χ0v) is 9.54. The molecule has 1 aromatic rings. The molecule has 0 saturated heterocycles. The van der Waals surface area contributed by atoms with Crippen LogP contribution in [0.5, 0.6) is 0 Å². The molecule has 0 saturated carbocycles. The van der Waals surface area contributed by atoms with Crippen molar-refractivity contribution >= 4 is 0 Å². The maximum atomic E-state index is 12.3. The van der Waals surface area contributed by atoms with E-state index in [1.54, 1.807) is 0 Å². The maximum Gasteiger partial charge on any atom is 0.419 e. The SMILES string of the molecule is CNC(C)CC(C)n1cc(C(F)(F)F)cn1. The summed E-state index contributed by atoms with van der Waals surface area (Å²) in [4.78, 5) is 0. The maximum absolute atomic E-state index is 12.3. The first-order chi connectivity index (χ1) is 7.34. The monoisotopic (exact) mass is 235 g/mol. The summed E-state index contributed by atoms with van der Waals surface area (Å²) in [5, 5.41) is 6.78. The van der Waals surface area contributed by atoms with Gasteiger partial charge in [-0.15, -0.1) is 0 Å². The van der Waals surface area contributed by atoms with Gasteiger partial charge in [-0.25, -0.2) is 0 Å². The van der Waals surface area contributed by atoms with Crippen molar-refractivity contribution in [3.05, 3.63) is 18.0 Å². The smallest absolute Gasteiger partial charge is 0.317 e. The minimum atomic E-state index is -4.31. The molecule has 0 aromatic carbocycles. The summed E-state index contributed by atoms with van der Waals surface area (Å²) in [6.45, 7) is 3.83. The van der Waals surface area contributed by atoms with Crippen molar-refractivity contribution < 1.29 is 13.2 Å². The third-order valence-corrected chi connectivity index (χ3v) is 2.57. The summed E-state index contributed by atoms with van der Waals surface area (Å²) >= 11 is 0. The third-order valence-electron chi connectivity index (χ3n) is 2.57. The summed E-state index contributed by atoms with van der Waals surface area (Å²) in [7, 11) is 1.82. The number of hydrogen-bond donors (Lipinski definition) is 1. The van der Waals surface area contributed by atoms with Crippen molar-refractivity contribution in [2.45, 2.75) is 38.5 Å². The second-order valence-electron chi connectivity index (χ2n) is 3.98. The normalized spacial score (nSPS) is 16.1. The van der Waals surface area contributed by atoms with Crippen LogP contribution in [0.2, 0.25) is 0 Å². The van der Waals surface area contributed by atoms with Crippen LogP contribution < -0.4 is 5.32 Å². The molecule has 0 bridgehead atoms. The van der Waals surface area contributed by atoms with Crippen LogP contribution in [0, 0.1) is 0 Å². The number of halogens is 3. The highest BCUT2D eigenvalue weighted by Gasteiger charge is 2.32. The molecule has 0 spiro atoms. The van der Waals surface area contributed by atoms with Crippen molar-refractivity contribution in [3.63, 3.8) is 0 Å². The van der Waals surface area contributed by atoms with Gasteiger partial charge in [0.1, 0.15) is 0 Å². The Bertz CT molecular complexity index is 332. The van der Waals surface area contributed by atoms with Gasteiger partial charge in [-0.05, 0) is 27.3 Å². The van der Waals surface area contributed by atoms with Crippen molar-refractivity contribution in [1.82, 2.24) is 15.1 Å². The summed E-state index contributed by atoms with van der Waals surface area (Å²) < 4.78 is 38.3. The number of nitrogens with zero attached hydrogens (tertiary/aromatic N) is 2. The fourth-order valence-electron chi connectivity index (χ4n) is 1.46. The molecule has 0 fully saturated rings. The molecule has 16 heavy (non-hydrogen) atoms. The van der Waals surface area contributed by atoms with Crippen LogP contribution in [0.3, 0.4) is 0 Å². The van der Waals surface area contributed by atoms with Gasteiger partial charge in [0.25, 0.3) is 0 Å². The minimum absolute atomic E-state index is 0.0569. The Morgan fingerprint density at radius 3 is 2.50 bits per heavy atom. The Labute approximate surface area is 92.6 Å². The van der Waals surface area contributed by atoms with E-state index in [9.17, 15) is 13.2 Å². The van der Waals surface area contributed by atoms with Crippen LogP contribution in [-0.2, 0) is 6.18 Å². The highest BCUT2D eigenvalue weighted by atomic mass is 19.4. The highest BCUT2D eigenvalue weighted by Crippen LogP contribution is 2.29. The molecule has 2 unspecified atom stereocenters.